The van der Waals surface area contributed by atoms with Crippen LogP contribution in [-0.2, 0) is 0 Å². The SMILES string of the molecule is NC(=NCC1CCCCS1)NC1CCCC1. The zero-order chi connectivity index (χ0) is 11.2. The highest BCUT2D eigenvalue weighted by Crippen LogP contribution is 2.25. The molecule has 0 aromatic carbocycles. The molecule has 1 atom stereocenters. The van der Waals surface area contributed by atoms with Gasteiger partial charge in [-0.3, -0.25) is 4.99 Å². The molecule has 16 heavy (non-hydrogen) atoms. The molecule has 4 heteroatoms. The topological polar surface area (TPSA) is 50.4 Å². The number of hydrogen-bond acceptors (Lipinski definition) is 2. The van der Waals surface area contributed by atoms with Gasteiger partial charge in [-0.2, -0.15) is 11.8 Å². The Bertz CT molecular complexity index is 230. The number of nitrogens with zero attached hydrogens (tertiary/aromatic N) is 1. The van der Waals surface area contributed by atoms with Gasteiger partial charge in [0.15, 0.2) is 5.96 Å². The summed E-state index contributed by atoms with van der Waals surface area (Å²) >= 11 is 2.06. The highest BCUT2D eigenvalue weighted by Gasteiger charge is 2.16. The van der Waals surface area contributed by atoms with E-state index in [1.54, 1.807) is 0 Å². The number of rotatable bonds is 3. The quantitative estimate of drug-likeness (QED) is 0.588. The van der Waals surface area contributed by atoms with E-state index in [9.17, 15) is 0 Å². The van der Waals surface area contributed by atoms with Crippen LogP contribution in [0.1, 0.15) is 44.9 Å². The standard InChI is InChI=1S/C12H23N3S/c13-12(15-10-5-1-2-6-10)14-9-11-7-3-4-8-16-11/h10-11H,1-9H2,(H3,13,14,15). The predicted octanol–water partition coefficient (Wildman–Crippen LogP) is 2.12. The highest BCUT2D eigenvalue weighted by atomic mass is 32.2. The van der Waals surface area contributed by atoms with Crippen molar-refractivity contribution in [2.45, 2.75) is 56.2 Å². The number of thioether (sulfide) groups is 1. The van der Waals surface area contributed by atoms with Crippen molar-refractivity contribution in [1.29, 1.82) is 0 Å². The van der Waals surface area contributed by atoms with Gasteiger partial charge in [-0.25, -0.2) is 0 Å². The maximum atomic E-state index is 5.90. The molecular formula is C12H23N3S. The lowest BCUT2D eigenvalue weighted by Crippen LogP contribution is -2.39. The third-order valence-corrected chi connectivity index (χ3v) is 4.83. The Hall–Kier alpha value is -0.380. The fourth-order valence-electron chi connectivity index (χ4n) is 2.48. The van der Waals surface area contributed by atoms with E-state index < -0.39 is 0 Å². The molecule has 0 amide bonds. The van der Waals surface area contributed by atoms with Crippen molar-refractivity contribution in [2.24, 2.45) is 10.7 Å². The van der Waals surface area contributed by atoms with Crippen LogP contribution in [0.15, 0.2) is 4.99 Å². The molecule has 1 heterocycles. The average molecular weight is 241 g/mol. The number of nitrogens with one attached hydrogen (secondary N) is 1. The fourth-order valence-corrected chi connectivity index (χ4v) is 3.69. The predicted molar refractivity (Wildman–Crippen MR) is 72.0 cm³/mol. The van der Waals surface area contributed by atoms with Gasteiger partial charge in [-0.1, -0.05) is 19.3 Å². The van der Waals surface area contributed by atoms with Crippen LogP contribution in [-0.4, -0.2) is 29.5 Å². The molecule has 1 aliphatic heterocycles. The Morgan fingerprint density at radius 3 is 2.62 bits per heavy atom. The number of nitrogens with two attached hydrogens (primary N) is 1. The second kappa shape index (κ2) is 6.38. The van der Waals surface area contributed by atoms with Crippen LogP contribution >= 0.6 is 11.8 Å². The first-order valence-corrected chi connectivity index (χ1v) is 7.57. The van der Waals surface area contributed by atoms with Crippen molar-refractivity contribution < 1.29 is 0 Å². The normalized spacial score (nSPS) is 28.2. The Balaban J connectivity index is 1.68. The molecule has 92 valence electrons. The second-order valence-electron chi connectivity index (χ2n) is 4.84. The molecule has 1 aliphatic carbocycles. The second-order valence-corrected chi connectivity index (χ2v) is 6.25. The van der Waals surface area contributed by atoms with E-state index in [2.05, 4.69) is 22.1 Å². The van der Waals surface area contributed by atoms with Crippen LogP contribution in [0.5, 0.6) is 0 Å². The van der Waals surface area contributed by atoms with E-state index in [0.29, 0.717) is 17.3 Å². The molecule has 1 saturated carbocycles. The largest absolute Gasteiger partial charge is 0.370 e. The maximum absolute atomic E-state index is 5.90. The Morgan fingerprint density at radius 2 is 1.94 bits per heavy atom. The first-order valence-electron chi connectivity index (χ1n) is 6.52. The molecule has 0 spiro atoms. The Kier molecular flexibility index (Phi) is 4.82. The maximum Gasteiger partial charge on any atom is 0.188 e. The van der Waals surface area contributed by atoms with Gasteiger partial charge < -0.3 is 11.1 Å². The van der Waals surface area contributed by atoms with Crippen LogP contribution in [0.4, 0.5) is 0 Å². The van der Waals surface area contributed by atoms with Crippen molar-refractivity contribution in [3.63, 3.8) is 0 Å². The number of aliphatic imine (C=N–C) groups is 1. The first-order chi connectivity index (χ1) is 7.84. The highest BCUT2D eigenvalue weighted by molar-refractivity contribution is 7.99. The zero-order valence-electron chi connectivity index (χ0n) is 9.95. The number of guanidine groups is 1. The number of hydrogen-bond donors (Lipinski definition) is 2. The first kappa shape index (κ1) is 12.1. The summed E-state index contributed by atoms with van der Waals surface area (Å²) in [7, 11) is 0. The average Bonchev–Trinajstić information content (AvgIpc) is 2.81. The van der Waals surface area contributed by atoms with Crippen LogP contribution in [0, 0.1) is 0 Å². The van der Waals surface area contributed by atoms with Crippen LogP contribution < -0.4 is 11.1 Å². The van der Waals surface area contributed by atoms with Crippen molar-refractivity contribution in [2.75, 3.05) is 12.3 Å². The summed E-state index contributed by atoms with van der Waals surface area (Å²) in [5, 5.41) is 4.04. The summed E-state index contributed by atoms with van der Waals surface area (Å²) < 4.78 is 0. The summed E-state index contributed by atoms with van der Waals surface area (Å²) in [5.41, 5.74) is 5.90. The van der Waals surface area contributed by atoms with Crippen molar-refractivity contribution in [3.8, 4) is 0 Å². The van der Waals surface area contributed by atoms with Crippen LogP contribution in [0.2, 0.25) is 0 Å². The lowest BCUT2D eigenvalue weighted by Gasteiger charge is -2.20. The molecule has 0 radical (unpaired) electrons. The summed E-state index contributed by atoms with van der Waals surface area (Å²) in [5.74, 6) is 1.97. The van der Waals surface area contributed by atoms with Gasteiger partial charge in [0.2, 0.25) is 0 Å². The van der Waals surface area contributed by atoms with Gasteiger partial charge in [0.05, 0.1) is 6.54 Å². The molecule has 1 saturated heterocycles. The minimum atomic E-state index is 0.586. The Labute approximate surface area is 103 Å². The molecular weight excluding hydrogens is 218 g/mol. The van der Waals surface area contributed by atoms with E-state index in [1.807, 2.05) is 0 Å². The van der Waals surface area contributed by atoms with E-state index in [1.165, 1.54) is 50.7 Å². The minimum Gasteiger partial charge on any atom is -0.370 e. The molecule has 0 aromatic heterocycles. The molecule has 3 N–H and O–H groups in total. The lowest BCUT2D eigenvalue weighted by molar-refractivity contribution is 0.621. The Morgan fingerprint density at radius 1 is 1.19 bits per heavy atom. The van der Waals surface area contributed by atoms with Gasteiger partial charge in [0.25, 0.3) is 0 Å². The van der Waals surface area contributed by atoms with Gasteiger partial charge in [-0.05, 0) is 31.4 Å². The molecule has 2 aliphatic rings. The van der Waals surface area contributed by atoms with Crippen molar-refractivity contribution in [3.05, 3.63) is 0 Å². The third-order valence-electron chi connectivity index (χ3n) is 3.45. The monoisotopic (exact) mass is 241 g/mol. The summed E-state index contributed by atoms with van der Waals surface area (Å²) in [4.78, 5) is 4.47. The summed E-state index contributed by atoms with van der Waals surface area (Å²) in [6.07, 6.45) is 9.24. The van der Waals surface area contributed by atoms with Gasteiger partial charge in [0.1, 0.15) is 0 Å². The van der Waals surface area contributed by atoms with Gasteiger partial charge in [-0.15, -0.1) is 0 Å². The molecule has 2 fully saturated rings. The fraction of sp³-hybridized carbons (Fsp3) is 0.917. The van der Waals surface area contributed by atoms with E-state index in [4.69, 9.17) is 5.73 Å². The van der Waals surface area contributed by atoms with Crippen molar-refractivity contribution >= 4 is 17.7 Å². The zero-order valence-corrected chi connectivity index (χ0v) is 10.8. The molecule has 2 rings (SSSR count). The molecule has 0 bridgehead atoms. The van der Waals surface area contributed by atoms with Crippen LogP contribution in [0.25, 0.3) is 0 Å². The summed E-state index contributed by atoms with van der Waals surface area (Å²) in [6.45, 7) is 0.899. The third kappa shape index (κ3) is 3.89. The smallest absolute Gasteiger partial charge is 0.188 e. The van der Waals surface area contributed by atoms with E-state index in [-0.39, 0.29) is 0 Å². The van der Waals surface area contributed by atoms with E-state index in [0.717, 1.165) is 6.54 Å². The summed E-state index contributed by atoms with van der Waals surface area (Å²) in [6, 6.07) is 0.586. The van der Waals surface area contributed by atoms with Crippen LogP contribution in [0.3, 0.4) is 0 Å². The minimum absolute atomic E-state index is 0.586. The van der Waals surface area contributed by atoms with Crippen molar-refractivity contribution in [1.82, 2.24) is 5.32 Å². The molecule has 3 nitrogen and oxygen atoms in total. The molecule has 0 aromatic rings. The lowest BCUT2D eigenvalue weighted by atomic mass is 10.2. The van der Waals surface area contributed by atoms with Gasteiger partial charge >= 0.3 is 0 Å². The molecule has 1 unspecified atom stereocenters. The van der Waals surface area contributed by atoms with E-state index >= 15 is 0 Å². The van der Waals surface area contributed by atoms with Gasteiger partial charge in [0, 0.05) is 11.3 Å².